The SMILES string of the molecule is COc1cc(F)cc(-c2cnc(-c3ccc4c(n3)CCCC4=O)s2)c1. The van der Waals surface area contributed by atoms with Crippen LogP contribution in [0.25, 0.3) is 21.1 Å². The van der Waals surface area contributed by atoms with Gasteiger partial charge in [0, 0.05) is 24.2 Å². The van der Waals surface area contributed by atoms with E-state index in [0.717, 1.165) is 39.7 Å². The highest BCUT2D eigenvalue weighted by Crippen LogP contribution is 2.34. The van der Waals surface area contributed by atoms with E-state index in [1.165, 1.54) is 30.6 Å². The van der Waals surface area contributed by atoms with E-state index in [1.54, 1.807) is 12.3 Å². The summed E-state index contributed by atoms with van der Waals surface area (Å²) in [6, 6.07) is 8.24. The van der Waals surface area contributed by atoms with Gasteiger partial charge in [0.2, 0.25) is 0 Å². The minimum atomic E-state index is -0.352. The fourth-order valence-corrected chi connectivity index (χ4v) is 3.84. The van der Waals surface area contributed by atoms with Gasteiger partial charge < -0.3 is 4.74 Å². The number of hydrogen-bond donors (Lipinski definition) is 0. The third-order valence-electron chi connectivity index (χ3n) is 4.21. The molecule has 126 valence electrons. The number of ether oxygens (including phenoxy) is 1. The molecule has 0 atom stereocenters. The van der Waals surface area contributed by atoms with Crippen LogP contribution in [0.3, 0.4) is 0 Å². The lowest BCUT2D eigenvalue weighted by atomic mass is 9.94. The summed E-state index contributed by atoms with van der Waals surface area (Å²) in [5.74, 6) is 0.275. The summed E-state index contributed by atoms with van der Waals surface area (Å²) in [5.41, 5.74) is 3.03. The second-order valence-electron chi connectivity index (χ2n) is 5.88. The number of aromatic nitrogens is 2. The van der Waals surface area contributed by atoms with Crippen LogP contribution in [0.1, 0.15) is 28.9 Å². The maximum Gasteiger partial charge on any atom is 0.164 e. The number of halogens is 1. The molecule has 1 aliphatic rings. The third-order valence-corrected chi connectivity index (χ3v) is 5.28. The summed E-state index contributed by atoms with van der Waals surface area (Å²) in [6.07, 6.45) is 3.96. The summed E-state index contributed by atoms with van der Waals surface area (Å²) in [4.78, 5) is 21.8. The molecule has 0 saturated heterocycles. The molecular weight excluding hydrogens is 339 g/mol. The summed E-state index contributed by atoms with van der Waals surface area (Å²) in [7, 11) is 1.51. The van der Waals surface area contributed by atoms with E-state index in [0.29, 0.717) is 17.7 Å². The highest BCUT2D eigenvalue weighted by atomic mass is 32.1. The van der Waals surface area contributed by atoms with Gasteiger partial charge in [0.1, 0.15) is 16.6 Å². The van der Waals surface area contributed by atoms with E-state index in [9.17, 15) is 9.18 Å². The first-order valence-corrected chi connectivity index (χ1v) is 8.80. The zero-order valence-corrected chi connectivity index (χ0v) is 14.4. The normalized spacial score (nSPS) is 13.6. The molecule has 25 heavy (non-hydrogen) atoms. The molecule has 0 bridgehead atoms. The van der Waals surface area contributed by atoms with E-state index in [2.05, 4.69) is 9.97 Å². The number of benzene rings is 1. The molecule has 0 saturated carbocycles. The molecule has 0 fully saturated rings. The van der Waals surface area contributed by atoms with E-state index >= 15 is 0 Å². The first-order chi connectivity index (χ1) is 12.1. The Balaban J connectivity index is 1.70. The summed E-state index contributed by atoms with van der Waals surface area (Å²) in [5, 5.41) is 0.749. The van der Waals surface area contributed by atoms with Crippen LogP contribution in [0, 0.1) is 5.82 Å². The number of pyridine rings is 1. The Morgan fingerprint density at radius 1 is 1.20 bits per heavy atom. The average molecular weight is 354 g/mol. The number of methoxy groups -OCH3 is 1. The fraction of sp³-hybridized carbons (Fsp3) is 0.211. The van der Waals surface area contributed by atoms with Crippen molar-refractivity contribution in [3.63, 3.8) is 0 Å². The zero-order valence-electron chi connectivity index (χ0n) is 13.6. The highest BCUT2D eigenvalue weighted by Gasteiger charge is 2.19. The number of carbonyl (C=O) groups excluding carboxylic acids is 1. The summed E-state index contributed by atoms with van der Waals surface area (Å²) < 4.78 is 18.8. The molecule has 1 aliphatic carbocycles. The van der Waals surface area contributed by atoms with Crippen molar-refractivity contribution in [1.82, 2.24) is 9.97 Å². The van der Waals surface area contributed by atoms with Crippen molar-refractivity contribution in [3.8, 4) is 26.9 Å². The number of aryl methyl sites for hydroxylation is 1. The number of ketones is 1. The molecular formula is C19H15FN2O2S. The molecule has 1 aromatic carbocycles. The summed E-state index contributed by atoms with van der Waals surface area (Å²) in [6.45, 7) is 0. The molecule has 4 nitrogen and oxygen atoms in total. The second-order valence-corrected chi connectivity index (χ2v) is 6.91. The van der Waals surface area contributed by atoms with E-state index in [1.807, 2.05) is 12.1 Å². The smallest absolute Gasteiger partial charge is 0.164 e. The first kappa shape index (κ1) is 15.9. The van der Waals surface area contributed by atoms with Crippen LogP contribution in [0.15, 0.2) is 36.5 Å². The molecule has 0 radical (unpaired) electrons. The summed E-state index contributed by atoms with van der Waals surface area (Å²) >= 11 is 1.44. The Bertz CT molecular complexity index is 968. The molecule has 4 rings (SSSR count). The van der Waals surface area contributed by atoms with Crippen molar-refractivity contribution in [1.29, 1.82) is 0 Å². The van der Waals surface area contributed by atoms with E-state index in [-0.39, 0.29) is 11.6 Å². The number of nitrogens with zero attached hydrogens (tertiary/aromatic N) is 2. The van der Waals surface area contributed by atoms with Crippen molar-refractivity contribution in [2.45, 2.75) is 19.3 Å². The number of hydrogen-bond acceptors (Lipinski definition) is 5. The lowest BCUT2D eigenvalue weighted by Crippen LogP contribution is -2.12. The molecule has 2 aromatic heterocycles. The Morgan fingerprint density at radius 2 is 2.08 bits per heavy atom. The van der Waals surface area contributed by atoms with Gasteiger partial charge in [-0.15, -0.1) is 11.3 Å². The monoisotopic (exact) mass is 354 g/mol. The molecule has 0 N–H and O–H groups in total. The fourth-order valence-electron chi connectivity index (χ4n) is 2.96. The maximum absolute atomic E-state index is 13.7. The van der Waals surface area contributed by atoms with Crippen LogP contribution in [-0.4, -0.2) is 22.9 Å². The first-order valence-electron chi connectivity index (χ1n) is 7.98. The molecule has 2 heterocycles. The standard InChI is InChI=1S/C19H15FN2O2S/c1-24-13-8-11(7-12(20)9-13)18-10-21-19(25-18)16-6-5-14-15(22-16)3-2-4-17(14)23/h5-10H,2-4H2,1H3. The predicted molar refractivity (Wildman–Crippen MR) is 94.6 cm³/mol. The van der Waals surface area contributed by atoms with Gasteiger partial charge in [0.25, 0.3) is 0 Å². The Morgan fingerprint density at radius 3 is 2.92 bits per heavy atom. The van der Waals surface area contributed by atoms with Crippen LogP contribution >= 0.6 is 11.3 Å². The van der Waals surface area contributed by atoms with Gasteiger partial charge in [-0.25, -0.2) is 14.4 Å². The largest absolute Gasteiger partial charge is 0.497 e. The quantitative estimate of drug-likeness (QED) is 0.693. The van der Waals surface area contributed by atoms with Gasteiger partial charge in [0.15, 0.2) is 5.78 Å². The van der Waals surface area contributed by atoms with Crippen LogP contribution in [0.4, 0.5) is 4.39 Å². The number of fused-ring (bicyclic) bond motifs is 1. The van der Waals surface area contributed by atoms with Crippen LogP contribution in [0.2, 0.25) is 0 Å². The lowest BCUT2D eigenvalue weighted by Gasteiger charge is -2.13. The van der Waals surface area contributed by atoms with Gasteiger partial charge in [-0.2, -0.15) is 0 Å². The molecule has 0 amide bonds. The maximum atomic E-state index is 13.7. The van der Waals surface area contributed by atoms with Gasteiger partial charge in [0.05, 0.1) is 23.4 Å². The predicted octanol–water partition coefficient (Wildman–Crippen LogP) is 4.54. The van der Waals surface area contributed by atoms with Gasteiger partial charge in [-0.3, -0.25) is 4.79 Å². The number of rotatable bonds is 3. The Hall–Kier alpha value is -2.60. The minimum absolute atomic E-state index is 0.159. The number of carbonyl (C=O) groups is 1. The van der Waals surface area contributed by atoms with Crippen molar-refractivity contribution < 1.29 is 13.9 Å². The van der Waals surface area contributed by atoms with Crippen LogP contribution in [-0.2, 0) is 6.42 Å². The zero-order chi connectivity index (χ0) is 17.4. The van der Waals surface area contributed by atoms with Gasteiger partial charge >= 0.3 is 0 Å². The molecule has 6 heteroatoms. The van der Waals surface area contributed by atoms with Crippen molar-refractivity contribution in [2.75, 3.05) is 7.11 Å². The van der Waals surface area contributed by atoms with Gasteiger partial charge in [-0.1, -0.05) is 0 Å². The third kappa shape index (κ3) is 3.05. The lowest BCUT2D eigenvalue weighted by molar-refractivity contribution is 0.0971. The highest BCUT2D eigenvalue weighted by molar-refractivity contribution is 7.18. The Kier molecular flexibility index (Phi) is 4.05. The molecule has 3 aromatic rings. The second kappa shape index (κ2) is 6.37. The van der Waals surface area contributed by atoms with Crippen molar-refractivity contribution in [3.05, 3.63) is 53.6 Å². The minimum Gasteiger partial charge on any atom is -0.497 e. The van der Waals surface area contributed by atoms with Crippen LogP contribution in [0.5, 0.6) is 5.75 Å². The molecule has 0 aliphatic heterocycles. The molecule has 0 unspecified atom stereocenters. The van der Waals surface area contributed by atoms with Gasteiger partial charge in [-0.05, 0) is 42.7 Å². The Labute approximate surface area is 148 Å². The average Bonchev–Trinajstić information content (AvgIpc) is 3.11. The van der Waals surface area contributed by atoms with Crippen molar-refractivity contribution in [2.24, 2.45) is 0 Å². The van der Waals surface area contributed by atoms with E-state index in [4.69, 9.17) is 4.74 Å². The van der Waals surface area contributed by atoms with Crippen molar-refractivity contribution >= 4 is 17.1 Å². The van der Waals surface area contributed by atoms with Crippen LogP contribution < -0.4 is 4.74 Å². The van der Waals surface area contributed by atoms with E-state index < -0.39 is 0 Å². The molecule has 0 spiro atoms. The topological polar surface area (TPSA) is 52.1 Å². The number of Topliss-reactive ketones (excluding diaryl/α,β-unsaturated/α-hetero) is 1. The number of thiazole rings is 1.